The van der Waals surface area contributed by atoms with Crippen LogP contribution in [0, 0.1) is 11.3 Å². The van der Waals surface area contributed by atoms with E-state index in [-0.39, 0.29) is 19.0 Å². The number of nitrogen functional groups attached to an aromatic ring is 1. The minimum absolute atomic E-state index is 0.187. The molecule has 1 aromatic rings. The first-order valence-electron chi connectivity index (χ1n) is 6.24. The summed E-state index contributed by atoms with van der Waals surface area (Å²) in [6, 6.07) is 9.17. The Balaban J connectivity index is 2.11. The number of hydrogen-bond acceptors (Lipinski definition) is 5. The number of esters is 1. The van der Waals surface area contributed by atoms with Crippen LogP contribution in [0.25, 0.3) is 0 Å². The Kier molecular flexibility index (Phi) is 6.88. The summed E-state index contributed by atoms with van der Waals surface area (Å²) in [4.78, 5) is 11.4. The van der Waals surface area contributed by atoms with Crippen molar-refractivity contribution in [3.8, 4) is 11.8 Å². The highest BCUT2D eigenvalue weighted by atomic mass is 16.5. The third kappa shape index (κ3) is 6.32. The number of nitrogens with two attached hydrogens (primary N) is 1. The lowest BCUT2D eigenvalue weighted by Crippen LogP contribution is -2.11. The normalized spacial score (nSPS) is 9.63. The largest absolute Gasteiger partial charge is 0.491 e. The van der Waals surface area contributed by atoms with Crippen LogP contribution in [0.2, 0.25) is 0 Å². The molecule has 0 amide bonds. The van der Waals surface area contributed by atoms with E-state index in [0.29, 0.717) is 30.9 Å². The molecule has 0 aliphatic heterocycles. The zero-order valence-electron chi connectivity index (χ0n) is 10.8. The smallest absolute Gasteiger partial charge is 0.309 e. The maximum absolute atomic E-state index is 11.4. The lowest BCUT2D eigenvalue weighted by Gasteiger charge is -2.08. The maximum Gasteiger partial charge on any atom is 0.309 e. The Morgan fingerprint density at radius 3 is 2.79 bits per heavy atom. The zero-order valence-corrected chi connectivity index (χ0v) is 10.8. The zero-order chi connectivity index (χ0) is 13.9. The van der Waals surface area contributed by atoms with E-state index >= 15 is 0 Å². The van der Waals surface area contributed by atoms with Crippen molar-refractivity contribution in [1.82, 2.24) is 0 Å². The molecule has 0 fully saturated rings. The summed E-state index contributed by atoms with van der Waals surface area (Å²) in [6.07, 6.45) is 2.15. The van der Waals surface area contributed by atoms with Crippen LogP contribution >= 0.6 is 0 Å². The summed E-state index contributed by atoms with van der Waals surface area (Å²) < 4.78 is 10.4. The summed E-state index contributed by atoms with van der Waals surface area (Å²) >= 11 is 0. The van der Waals surface area contributed by atoms with Crippen molar-refractivity contribution in [2.24, 2.45) is 0 Å². The van der Waals surface area contributed by atoms with Crippen molar-refractivity contribution >= 4 is 11.7 Å². The van der Waals surface area contributed by atoms with Crippen molar-refractivity contribution in [3.05, 3.63) is 24.3 Å². The molecule has 0 saturated carbocycles. The van der Waals surface area contributed by atoms with Crippen LogP contribution in [0.5, 0.6) is 5.75 Å². The molecule has 0 saturated heterocycles. The van der Waals surface area contributed by atoms with Crippen molar-refractivity contribution in [1.29, 1.82) is 5.26 Å². The van der Waals surface area contributed by atoms with E-state index < -0.39 is 0 Å². The van der Waals surface area contributed by atoms with E-state index in [4.69, 9.17) is 20.5 Å². The minimum Gasteiger partial charge on any atom is -0.491 e. The second kappa shape index (κ2) is 8.81. The second-order valence-electron chi connectivity index (χ2n) is 3.97. The van der Waals surface area contributed by atoms with Gasteiger partial charge >= 0.3 is 5.97 Å². The number of unbranched alkanes of at least 4 members (excludes halogenated alkanes) is 2. The summed E-state index contributed by atoms with van der Waals surface area (Å²) in [5.41, 5.74) is 6.25. The fourth-order valence-corrected chi connectivity index (χ4v) is 1.42. The number of hydrogen-bond donors (Lipinski definition) is 1. The molecule has 0 heterocycles. The Labute approximate surface area is 112 Å². The molecule has 19 heavy (non-hydrogen) atoms. The number of para-hydroxylation sites is 2. The van der Waals surface area contributed by atoms with Crippen molar-refractivity contribution in [2.75, 3.05) is 18.9 Å². The molecular weight excluding hydrogens is 244 g/mol. The summed E-state index contributed by atoms with van der Waals surface area (Å²) in [5, 5.41) is 8.34. The number of nitrogens with zero attached hydrogens (tertiary/aromatic N) is 1. The van der Waals surface area contributed by atoms with Crippen molar-refractivity contribution < 1.29 is 14.3 Å². The van der Waals surface area contributed by atoms with Gasteiger partial charge in [0.05, 0.1) is 31.4 Å². The monoisotopic (exact) mass is 262 g/mol. The van der Waals surface area contributed by atoms with E-state index in [9.17, 15) is 4.79 Å². The minimum atomic E-state index is -0.300. The number of nitriles is 1. The van der Waals surface area contributed by atoms with Gasteiger partial charge in [-0.15, -0.1) is 0 Å². The highest BCUT2D eigenvalue weighted by Gasteiger charge is 2.04. The molecule has 2 N–H and O–H groups in total. The van der Waals surface area contributed by atoms with Crippen LogP contribution in [0.4, 0.5) is 5.69 Å². The SMILES string of the molecule is N#CCCCCOC(=O)CCOc1ccccc1N. The number of rotatable bonds is 8. The quantitative estimate of drug-likeness (QED) is 0.441. The molecular formula is C14H18N2O3. The van der Waals surface area contributed by atoms with Crippen LogP contribution in [0.3, 0.4) is 0 Å². The Morgan fingerprint density at radius 1 is 1.26 bits per heavy atom. The first-order valence-corrected chi connectivity index (χ1v) is 6.24. The average molecular weight is 262 g/mol. The van der Waals surface area contributed by atoms with Gasteiger partial charge in [0, 0.05) is 6.42 Å². The third-order valence-corrected chi connectivity index (χ3v) is 2.43. The molecule has 5 nitrogen and oxygen atoms in total. The summed E-state index contributed by atoms with van der Waals surface area (Å²) in [6.45, 7) is 0.596. The van der Waals surface area contributed by atoms with Gasteiger partial charge in [-0.05, 0) is 25.0 Å². The number of carbonyl (C=O) groups is 1. The van der Waals surface area contributed by atoms with E-state index in [0.717, 1.165) is 6.42 Å². The highest BCUT2D eigenvalue weighted by molar-refractivity contribution is 5.69. The Hall–Kier alpha value is -2.22. The van der Waals surface area contributed by atoms with Crippen LogP contribution < -0.4 is 10.5 Å². The number of anilines is 1. The van der Waals surface area contributed by atoms with Gasteiger partial charge in [0.15, 0.2) is 0 Å². The van der Waals surface area contributed by atoms with Crippen LogP contribution in [-0.4, -0.2) is 19.2 Å². The fraction of sp³-hybridized carbons (Fsp3) is 0.429. The third-order valence-electron chi connectivity index (χ3n) is 2.43. The van der Waals surface area contributed by atoms with Crippen LogP contribution in [-0.2, 0) is 9.53 Å². The lowest BCUT2D eigenvalue weighted by atomic mass is 10.3. The predicted molar refractivity (Wildman–Crippen MR) is 71.4 cm³/mol. The molecule has 0 atom stereocenters. The van der Waals surface area contributed by atoms with Gasteiger partial charge in [0.25, 0.3) is 0 Å². The van der Waals surface area contributed by atoms with Crippen LogP contribution in [0.15, 0.2) is 24.3 Å². The molecule has 0 bridgehead atoms. The Bertz CT molecular complexity index is 441. The van der Waals surface area contributed by atoms with E-state index in [1.807, 2.05) is 18.2 Å². The van der Waals surface area contributed by atoms with Crippen molar-refractivity contribution in [2.45, 2.75) is 25.7 Å². The van der Waals surface area contributed by atoms with Gasteiger partial charge in [-0.1, -0.05) is 12.1 Å². The van der Waals surface area contributed by atoms with Crippen molar-refractivity contribution in [3.63, 3.8) is 0 Å². The summed E-state index contributed by atoms with van der Waals surface area (Å²) in [7, 11) is 0. The molecule has 1 rings (SSSR count). The molecule has 0 spiro atoms. The van der Waals surface area contributed by atoms with Gasteiger partial charge in [-0.2, -0.15) is 5.26 Å². The van der Waals surface area contributed by atoms with E-state index in [1.54, 1.807) is 12.1 Å². The lowest BCUT2D eigenvalue weighted by molar-refractivity contribution is -0.144. The second-order valence-corrected chi connectivity index (χ2v) is 3.97. The first kappa shape index (κ1) is 14.8. The Morgan fingerprint density at radius 2 is 2.05 bits per heavy atom. The molecule has 0 aliphatic rings. The predicted octanol–water partition coefficient (Wildman–Crippen LogP) is 2.27. The topological polar surface area (TPSA) is 85.3 Å². The molecule has 1 aromatic carbocycles. The molecule has 0 unspecified atom stereocenters. The average Bonchev–Trinajstić information content (AvgIpc) is 2.41. The van der Waals surface area contributed by atoms with Gasteiger partial charge in [-0.3, -0.25) is 4.79 Å². The van der Waals surface area contributed by atoms with E-state index in [2.05, 4.69) is 0 Å². The molecule has 0 radical (unpaired) electrons. The molecule has 0 aliphatic carbocycles. The molecule has 102 valence electrons. The number of ether oxygens (including phenoxy) is 2. The van der Waals surface area contributed by atoms with E-state index in [1.165, 1.54) is 0 Å². The molecule has 0 aromatic heterocycles. The van der Waals surface area contributed by atoms with Gasteiger partial charge in [-0.25, -0.2) is 0 Å². The van der Waals surface area contributed by atoms with Gasteiger partial charge < -0.3 is 15.2 Å². The van der Waals surface area contributed by atoms with Crippen LogP contribution in [0.1, 0.15) is 25.7 Å². The fourth-order valence-electron chi connectivity index (χ4n) is 1.42. The maximum atomic E-state index is 11.4. The van der Waals surface area contributed by atoms with Gasteiger partial charge in [0.2, 0.25) is 0 Å². The van der Waals surface area contributed by atoms with Gasteiger partial charge in [0.1, 0.15) is 5.75 Å². The first-order chi connectivity index (χ1) is 9.24. The number of carbonyl (C=O) groups excluding carboxylic acids is 1. The summed E-state index contributed by atoms with van der Waals surface area (Å²) in [5.74, 6) is 0.274. The number of benzene rings is 1. The highest BCUT2D eigenvalue weighted by Crippen LogP contribution is 2.19. The molecule has 5 heteroatoms. The standard InChI is InChI=1S/C14H18N2O3/c15-9-4-1-5-10-19-14(17)8-11-18-13-7-3-2-6-12(13)16/h2-3,6-7H,1,4-5,8,10-11,16H2.